The predicted octanol–water partition coefficient (Wildman–Crippen LogP) is 2.35. The second-order valence-electron chi connectivity index (χ2n) is 7.07. The molecule has 17 heavy (non-hydrogen) atoms. The van der Waals surface area contributed by atoms with Crippen LogP contribution in [0.5, 0.6) is 0 Å². The van der Waals surface area contributed by atoms with Gasteiger partial charge >= 0.3 is 0 Å². The predicted molar refractivity (Wildman–Crippen MR) is 68.5 cm³/mol. The van der Waals surface area contributed by atoms with Crippen molar-refractivity contribution in [2.45, 2.75) is 41.0 Å². The zero-order valence-electron chi connectivity index (χ0n) is 11.7. The van der Waals surface area contributed by atoms with Crippen LogP contribution in [0.1, 0.15) is 41.0 Å². The van der Waals surface area contributed by atoms with Gasteiger partial charge in [-0.1, -0.05) is 34.6 Å². The number of hydrogen-bond donors (Lipinski definition) is 0. The zero-order chi connectivity index (χ0) is 13.4. The quantitative estimate of drug-likeness (QED) is 0.704. The Labute approximate surface area is 105 Å². The topological polar surface area (TPSA) is 37.4 Å². The molecule has 1 aliphatic heterocycles. The molecule has 1 saturated heterocycles. The van der Waals surface area contributed by atoms with Gasteiger partial charge in [-0.15, -0.1) is 0 Å². The standard InChI is InChI=1S/C13H23NO.CH2O/c1-12(2,3)6-11(15)14-7-9-10(8-14)13(9,4)5;1-2/h9-10H,6-8H2,1-5H3;1H2. The lowest BCUT2D eigenvalue weighted by atomic mass is 9.91. The first kappa shape index (κ1) is 14.2. The first-order valence-electron chi connectivity index (χ1n) is 6.28. The van der Waals surface area contributed by atoms with Crippen molar-refractivity contribution in [2.75, 3.05) is 13.1 Å². The van der Waals surface area contributed by atoms with Crippen LogP contribution in [0.15, 0.2) is 0 Å². The fourth-order valence-electron chi connectivity index (χ4n) is 2.90. The van der Waals surface area contributed by atoms with Crippen molar-refractivity contribution in [3.8, 4) is 0 Å². The van der Waals surface area contributed by atoms with Gasteiger partial charge in [-0.2, -0.15) is 0 Å². The van der Waals surface area contributed by atoms with E-state index < -0.39 is 0 Å². The monoisotopic (exact) mass is 239 g/mol. The summed E-state index contributed by atoms with van der Waals surface area (Å²) >= 11 is 0. The average molecular weight is 239 g/mol. The highest BCUT2D eigenvalue weighted by molar-refractivity contribution is 5.77. The molecule has 2 aliphatic rings. The van der Waals surface area contributed by atoms with Gasteiger partial charge in [0, 0.05) is 19.5 Å². The molecule has 0 aromatic rings. The van der Waals surface area contributed by atoms with E-state index in [9.17, 15) is 4.79 Å². The van der Waals surface area contributed by atoms with E-state index in [0.29, 0.717) is 17.7 Å². The summed E-state index contributed by atoms with van der Waals surface area (Å²) in [5, 5.41) is 0. The Morgan fingerprint density at radius 2 is 1.65 bits per heavy atom. The van der Waals surface area contributed by atoms with E-state index in [1.165, 1.54) is 0 Å². The second-order valence-corrected chi connectivity index (χ2v) is 7.07. The summed E-state index contributed by atoms with van der Waals surface area (Å²) in [4.78, 5) is 22.0. The number of rotatable bonds is 1. The number of nitrogens with zero attached hydrogens (tertiary/aromatic N) is 1. The highest BCUT2D eigenvalue weighted by Crippen LogP contribution is 2.62. The molecule has 1 aliphatic carbocycles. The number of piperidine rings is 1. The number of carbonyl (C=O) groups is 2. The molecule has 0 bridgehead atoms. The number of carbonyl (C=O) groups excluding carboxylic acids is 2. The van der Waals surface area contributed by atoms with Gasteiger partial charge in [0.25, 0.3) is 0 Å². The highest BCUT2D eigenvalue weighted by atomic mass is 16.2. The van der Waals surface area contributed by atoms with Crippen LogP contribution < -0.4 is 0 Å². The average Bonchev–Trinajstić information content (AvgIpc) is 2.63. The smallest absolute Gasteiger partial charge is 0.223 e. The number of likely N-dealkylation sites (tertiary alicyclic amines) is 1. The number of amides is 1. The van der Waals surface area contributed by atoms with E-state index >= 15 is 0 Å². The van der Waals surface area contributed by atoms with Crippen molar-refractivity contribution < 1.29 is 9.59 Å². The molecular weight excluding hydrogens is 214 g/mol. The Morgan fingerprint density at radius 3 is 2.00 bits per heavy atom. The van der Waals surface area contributed by atoms with Gasteiger partial charge in [0.05, 0.1) is 0 Å². The number of hydrogen-bond acceptors (Lipinski definition) is 2. The summed E-state index contributed by atoms with van der Waals surface area (Å²) in [5.74, 6) is 1.91. The first-order chi connectivity index (χ1) is 7.72. The van der Waals surface area contributed by atoms with Crippen molar-refractivity contribution in [1.82, 2.24) is 4.90 Å². The van der Waals surface area contributed by atoms with Crippen LogP contribution in [-0.2, 0) is 9.59 Å². The van der Waals surface area contributed by atoms with Crippen molar-refractivity contribution in [3.05, 3.63) is 0 Å². The van der Waals surface area contributed by atoms with E-state index in [2.05, 4.69) is 39.5 Å². The van der Waals surface area contributed by atoms with Crippen molar-refractivity contribution in [2.24, 2.45) is 22.7 Å². The minimum absolute atomic E-state index is 0.124. The molecule has 2 atom stereocenters. The van der Waals surface area contributed by atoms with Gasteiger partial charge in [-0.25, -0.2) is 0 Å². The van der Waals surface area contributed by atoms with E-state index in [4.69, 9.17) is 4.79 Å². The zero-order valence-corrected chi connectivity index (χ0v) is 11.7. The molecule has 0 aromatic carbocycles. The highest BCUT2D eigenvalue weighted by Gasteiger charge is 2.62. The Bertz CT molecular complexity index is 290. The maximum Gasteiger partial charge on any atom is 0.223 e. The molecule has 3 heteroatoms. The van der Waals surface area contributed by atoms with Gasteiger partial charge in [-0.05, 0) is 22.7 Å². The largest absolute Gasteiger partial charge is 0.342 e. The number of fused-ring (bicyclic) bond motifs is 1. The molecule has 1 saturated carbocycles. The van der Waals surface area contributed by atoms with Crippen LogP contribution >= 0.6 is 0 Å². The van der Waals surface area contributed by atoms with Crippen LogP contribution in [-0.4, -0.2) is 30.7 Å². The first-order valence-corrected chi connectivity index (χ1v) is 6.28. The Hall–Kier alpha value is -0.860. The SMILES string of the molecule is C=O.CC(C)(C)CC(=O)N1CC2C(C1)C2(C)C. The summed E-state index contributed by atoms with van der Waals surface area (Å²) in [6.07, 6.45) is 0.687. The van der Waals surface area contributed by atoms with Gasteiger partial charge < -0.3 is 9.69 Å². The van der Waals surface area contributed by atoms with Crippen LogP contribution in [0.25, 0.3) is 0 Å². The summed E-state index contributed by atoms with van der Waals surface area (Å²) < 4.78 is 0. The van der Waals surface area contributed by atoms with Crippen LogP contribution in [0.3, 0.4) is 0 Å². The fraction of sp³-hybridized carbons (Fsp3) is 0.857. The molecule has 98 valence electrons. The summed E-state index contributed by atoms with van der Waals surface area (Å²) in [5.41, 5.74) is 0.637. The lowest BCUT2D eigenvalue weighted by Crippen LogP contribution is -2.35. The summed E-state index contributed by atoms with van der Waals surface area (Å²) in [6.45, 7) is 15.1. The molecule has 2 fully saturated rings. The normalized spacial score (nSPS) is 29.1. The Balaban J connectivity index is 0.000000686. The van der Waals surface area contributed by atoms with Gasteiger partial charge in [0.1, 0.15) is 6.79 Å². The minimum Gasteiger partial charge on any atom is -0.342 e. The summed E-state index contributed by atoms with van der Waals surface area (Å²) in [6, 6.07) is 0. The lowest BCUT2D eigenvalue weighted by Gasteiger charge is -2.26. The Kier molecular flexibility index (Phi) is 3.70. The third-order valence-electron chi connectivity index (χ3n) is 4.16. The third kappa shape index (κ3) is 2.88. The minimum atomic E-state index is 0.124. The maximum atomic E-state index is 12.0. The molecule has 2 unspecified atom stereocenters. The molecule has 0 N–H and O–H groups in total. The van der Waals surface area contributed by atoms with Crippen LogP contribution in [0.4, 0.5) is 0 Å². The molecule has 0 aromatic heterocycles. The van der Waals surface area contributed by atoms with Crippen LogP contribution in [0, 0.1) is 22.7 Å². The fourth-order valence-corrected chi connectivity index (χ4v) is 2.90. The van der Waals surface area contributed by atoms with E-state index in [1.807, 2.05) is 6.79 Å². The molecule has 1 heterocycles. The van der Waals surface area contributed by atoms with E-state index in [0.717, 1.165) is 24.9 Å². The van der Waals surface area contributed by atoms with E-state index in [1.54, 1.807) is 0 Å². The third-order valence-corrected chi connectivity index (χ3v) is 4.16. The van der Waals surface area contributed by atoms with Crippen molar-refractivity contribution in [3.63, 3.8) is 0 Å². The summed E-state index contributed by atoms with van der Waals surface area (Å²) in [7, 11) is 0. The molecule has 3 nitrogen and oxygen atoms in total. The molecule has 2 rings (SSSR count). The maximum absolute atomic E-state index is 12.0. The molecule has 0 radical (unpaired) electrons. The lowest BCUT2D eigenvalue weighted by molar-refractivity contribution is -0.132. The Morgan fingerprint density at radius 1 is 1.24 bits per heavy atom. The van der Waals surface area contributed by atoms with Gasteiger partial charge in [0.2, 0.25) is 5.91 Å². The second kappa shape index (κ2) is 4.43. The van der Waals surface area contributed by atoms with Gasteiger partial charge in [-0.3, -0.25) is 4.79 Å². The van der Waals surface area contributed by atoms with E-state index in [-0.39, 0.29) is 5.41 Å². The van der Waals surface area contributed by atoms with Crippen molar-refractivity contribution in [1.29, 1.82) is 0 Å². The van der Waals surface area contributed by atoms with Gasteiger partial charge in [0.15, 0.2) is 0 Å². The molecule has 1 amide bonds. The van der Waals surface area contributed by atoms with Crippen molar-refractivity contribution >= 4 is 12.7 Å². The molecule has 0 spiro atoms. The molecular formula is C14H25NO2. The van der Waals surface area contributed by atoms with Crippen LogP contribution in [0.2, 0.25) is 0 Å².